The van der Waals surface area contributed by atoms with E-state index < -0.39 is 5.60 Å². The van der Waals surface area contributed by atoms with Crippen LogP contribution >= 0.6 is 0 Å². The molecule has 0 aliphatic rings. The van der Waals surface area contributed by atoms with Gasteiger partial charge in [-0.25, -0.2) is 9.18 Å². The second kappa shape index (κ2) is 7.98. The van der Waals surface area contributed by atoms with E-state index in [-0.39, 0.29) is 24.3 Å². The molecule has 0 spiro atoms. The predicted octanol–water partition coefficient (Wildman–Crippen LogP) is 2.46. The maximum Gasteiger partial charge on any atom is 0.314 e. The summed E-state index contributed by atoms with van der Waals surface area (Å²) in [6.07, 6.45) is 1.27. The number of rotatable bonds is 7. The van der Waals surface area contributed by atoms with Crippen molar-refractivity contribution in [2.75, 3.05) is 13.1 Å². The van der Waals surface area contributed by atoms with Gasteiger partial charge in [0.25, 0.3) is 0 Å². The van der Waals surface area contributed by atoms with Crippen LogP contribution < -0.4 is 10.6 Å². The third kappa shape index (κ3) is 5.71. The lowest BCUT2D eigenvalue weighted by Gasteiger charge is -2.29. The van der Waals surface area contributed by atoms with Crippen LogP contribution in [0.25, 0.3) is 0 Å². The van der Waals surface area contributed by atoms with E-state index in [2.05, 4.69) is 10.6 Å². The fourth-order valence-corrected chi connectivity index (χ4v) is 1.95. The number of halogens is 1. The minimum Gasteiger partial charge on any atom is -0.388 e. The Bertz CT molecular complexity index is 463. The van der Waals surface area contributed by atoms with Crippen LogP contribution in [0.1, 0.15) is 32.8 Å². The molecule has 1 aromatic carbocycles. The zero-order valence-corrected chi connectivity index (χ0v) is 12.9. The number of urea groups is 1. The standard InChI is InChI=1S/C16H25FN2O2/c1-4-12(2)16(3,21)11-19-15(20)18-10-9-13-7-5-6-8-14(13)17/h5-8,12,21H,4,9-11H2,1-3H3,(H2,18,19,20). The highest BCUT2D eigenvalue weighted by Crippen LogP contribution is 2.18. The van der Waals surface area contributed by atoms with E-state index in [1.807, 2.05) is 13.8 Å². The van der Waals surface area contributed by atoms with Crippen molar-refractivity contribution >= 4 is 6.03 Å². The molecule has 1 rings (SSSR count). The first kappa shape index (κ1) is 17.4. The van der Waals surface area contributed by atoms with Gasteiger partial charge >= 0.3 is 6.03 Å². The Labute approximate surface area is 125 Å². The second-order valence-corrected chi connectivity index (χ2v) is 5.62. The lowest BCUT2D eigenvalue weighted by molar-refractivity contribution is 0.00792. The third-order valence-corrected chi connectivity index (χ3v) is 3.92. The fraction of sp³-hybridized carbons (Fsp3) is 0.562. The molecular formula is C16H25FN2O2. The van der Waals surface area contributed by atoms with Crippen molar-refractivity contribution < 1.29 is 14.3 Å². The molecule has 0 saturated carbocycles. The quantitative estimate of drug-likeness (QED) is 0.724. The van der Waals surface area contributed by atoms with E-state index in [1.54, 1.807) is 25.1 Å². The number of hydrogen-bond acceptors (Lipinski definition) is 2. The maximum atomic E-state index is 13.4. The number of hydrogen-bond donors (Lipinski definition) is 3. The minimum absolute atomic E-state index is 0.0937. The molecule has 0 fully saturated rings. The lowest BCUT2D eigenvalue weighted by atomic mass is 9.89. The minimum atomic E-state index is -0.933. The Hall–Kier alpha value is -1.62. The molecule has 0 heterocycles. The maximum absolute atomic E-state index is 13.4. The fourth-order valence-electron chi connectivity index (χ4n) is 1.95. The number of amides is 2. The summed E-state index contributed by atoms with van der Waals surface area (Å²) >= 11 is 0. The van der Waals surface area contributed by atoms with Gasteiger partial charge in [0.1, 0.15) is 5.82 Å². The Morgan fingerprint density at radius 3 is 2.67 bits per heavy atom. The Balaban J connectivity index is 2.30. The van der Waals surface area contributed by atoms with Crippen molar-refractivity contribution in [2.45, 2.75) is 39.2 Å². The highest BCUT2D eigenvalue weighted by atomic mass is 19.1. The molecule has 0 aromatic heterocycles. The topological polar surface area (TPSA) is 61.4 Å². The van der Waals surface area contributed by atoms with Crippen LogP contribution in [0.2, 0.25) is 0 Å². The van der Waals surface area contributed by atoms with Crippen LogP contribution in [-0.4, -0.2) is 29.8 Å². The van der Waals surface area contributed by atoms with Gasteiger partial charge in [0.15, 0.2) is 0 Å². The van der Waals surface area contributed by atoms with E-state index in [1.165, 1.54) is 6.07 Å². The van der Waals surface area contributed by atoms with Gasteiger partial charge in [-0.05, 0) is 30.9 Å². The molecule has 4 nitrogen and oxygen atoms in total. The molecular weight excluding hydrogens is 271 g/mol. The summed E-state index contributed by atoms with van der Waals surface area (Å²) in [5.41, 5.74) is -0.359. The van der Waals surface area contributed by atoms with Crippen LogP contribution in [0, 0.1) is 11.7 Å². The second-order valence-electron chi connectivity index (χ2n) is 5.62. The highest BCUT2D eigenvalue weighted by molar-refractivity contribution is 5.73. The van der Waals surface area contributed by atoms with Crippen molar-refractivity contribution in [2.24, 2.45) is 5.92 Å². The molecule has 0 bridgehead atoms. The van der Waals surface area contributed by atoms with E-state index in [9.17, 15) is 14.3 Å². The molecule has 2 atom stereocenters. The van der Waals surface area contributed by atoms with Crippen molar-refractivity contribution in [1.82, 2.24) is 10.6 Å². The third-order valence-electron chi connectivity index (χ3n) is 3.92. The van der Waals surface area contributed by atoms with E-state index in [0.717, 1.165) is 6.42 Å². The molecule has 0 aliphatic heterocycles. The normalized spacial score (nSPS) is 15.1. The van der Waals surface area contributed by atoms with Crippen LogP contribution in [0.5, 0.6) is 0 Å². The van der Waals surface area contributed by atoms with E-state index in [4.69, 9.17) is 0 Å². The number of carbonyl (C=O) groups excluding carboxylic acids is 1. The summed E-state index contributed by atoms with van der Waals surface area (Å²) in [4.78, 5) is 11.6. The van der Waals surface area contributed by atoms with Crippen LogP contribution in [0.4, 0.5) is 9.18 Å². The Kier molecular flexibility index (Phi) is 6.62. The molecule has 1 aromatic rings. The molecule has 2 unspecified atom stereocenters. The van der Waals surface area contributed by atoms with Crippen molar-refractivity contribution in [3.8, 4) is 0 Å². The number of nitrogens with one attached hydrogen (secondary N) is 2. The first-order valence-electron chi connectivity index (χ1n) is 7.34. The molecule has 2 amide bonds. The zero-order chi connectivity index (χ0) is 15.9. The van der Waals surface area contributed by atoms with Crippen LogP contribution in [0.15, 0.2) is 24.3 Å². The Morgan fingerprint density at radius 1 is 1.38 bits per heavy atom. The van der Waals surface area contributed by atoms with Gasteiger partial charge < -0.3 is 15.7 Å². The molecule has 118 valence electrons. The molecule has 0 saturated heterocycles. The summed E-state index contributed by atoms with van der Waals surface area (Å²) in [5, 5.41) is 15.5. The average Bonchev–Trinajstić information content (AvgIpc) is 2.46. The summed E-state index contributed by atoms with van der Waals surface area (Å²) in [7, 11) is 0. The van der Waals surface area contributed by atoms with Gasteiger partial charge in [-0.1, -0.05) is 38.5 Å². The smallest absolute Gasteiger partial charge is 0.314 e. The van der Waals surface area contributed by atoms with Crippen molar-refractivity contribution in [1.29, 1.82) is 0 Å². The van der Waals surface area contributed by atoms with Gasteiger partial charge in [0.05, 0.1) is 5.60 Å². The Morgan fingerprint density at radius 2 is 2.05 bits per heavy atom. The lowest BCUT2D eigenvalue weighted by Crippen LogP contribution is -2.48. The number of benzene rings is 1. The number of aliphatic hydroxyl groups is 1. The van der Waals surface area contributed by atoms with Crippen LogP contribution in [0.3, 0.4) is 0 Å². The van der Waals surface area contributed by atoms with Crippen molar-refractivity contribution in [3.05, 3.63) is 35.6 Å². The molecule has 0 radical (unpaired) electrons. The van der Waals surface area contributed by atoms with E-state index >= 15 is 0 Å². The first-order valence-corrected chi connectivity index (χ1v) is 7.34. The monoisotopic (exact) mass is 296 g/mol. The molecule has 21 heavy (non-hydrogen) atoms. The summed E-state index contributed by atoms with van der Waals surface area (Å²) < 4.78 is 13.4. The largest absolute Gasteiger partial charge is 0.388 e. The highest BCUT2D eigenvalue weighted by Gasteiger charge is 2.27. The SMILES string of the molecule is CCC(C)C(C)(O)CNC(=O)NCCc1ccccc1F. The van der Waals surface area contributed by atoms with Gasteiger partial charge in [-0.15, -0.1) is 0 Å². The summed E-state index contributed by atoms with van der Waals surface area (Å²) in [6.45, 7) is 6.18. The number of carbonyl (C=O) groups is 1. The average molecular weight is 296 g/mol. The predicted molar refractivity (Wildman–Crippen MR) is 81.6 cm³/mol. The van der Waals surface area contributed by atoms with Gasteiger partial charge in [-0.2, -0.15) is 0 Å². The van der Waals surface area contributed by atoms with Gasteiger partial charge in [-0.3, -0.25) is 0 Å². The summed E-state index contributed by atoms with van der Waals surface area (Å²) in [5.74, 6) is -0.171. The summed E-state index contributed by atoms with van der Waals surface area (Å²) in [6, 6.07) is 6.15. The van der Waals surface area contributed by atoms with Gasteiger partial charge in [0, 0.05) is 13.1 Å². The zero-order valence-electron chi connectivity index (χ0n) is 12.9. The molecule has 3 N–H and O–H groups in total. The van der Waals surface area contributed by atoms with E-state index in [0.29, 0.717) is 18.5 Å². The molecule has 5 heteroatoms. The van der Waals surface area contributed by atoms with Gasteiger partial charge in [0.2, 0.25) is 0 Å². The van der Waals surface area contributed by atoms with Crippen molar-refractivity contribution in [3.63, 3.8) is 0 Å². The molecule has 0 aliphatic carbocycles. The van der Waals surface area contributed by atoms with Crippen LogP contribution in [-0.2, 0) is 6.42 Å². The first-order chi connectivity index (χ1) is 9.86.